The number of methoxy groups -OCH3 is 1. The molecule has 0 aliphatic heterocycles. The largest absolute Gasteiger partial charge is 0.497 e. The fourth-order valence-corrected chi connectivity index (χ4v) is 3.65. The summed E-state index contributed by atoms with van der Waals surface area (Å²) < 4.78 is 6.24. The molecule has 1 aromatic heterocycles. The van der Waals surface area contributed by atoms with Crippen molar-refractivity contribution in [1.82, 2.24) is 5.32 Å². The molecule has 0 saturated heterocycles. The van der Waals surface area contributed by atoms with Crippen molar-refractivity contribution in [2.45, 2.75) is 39.7 Å². The van der Waals surface area contributed by atoms with Gasteiger partial charge in [0, 0.05) is 4.70 Å². The number of hydrogen-bond acceptors (Lipinski definition) is 4. The van der Waals surface area contributed by atoms with Crippen molar-refractivity contribution < 1.29 is 19.4 Å². The molecule has 130 valence electrons. The number of aliphatic carboxylic acids is 1. The van der Waals surface area contributed by atoms with Crippen LogP contribution in [0.3, 0.4) is 0 Å². The molecule has 24 heavy (non-hydrogen) atoms. The summed E-state index contributed by atoms with van der Waals surface area (Å²) in [5.41, 5.74) is 0.0799. The van der Waals surface area contributed by atoms with Crippen molar-refractivity contribution in [3.05, 3.63) is 28.6 Å². The first kappa shape index (κ1) is 18.3. The van der Waals surface area contributed by atoms with Gasteiger partial charge in [-0.15, -0.1) is 11.3 Å². The second-order valence-corrected chi connectivity index (χ2v) is 7.57. The molecule has 5 nitrogen and oxygen atoms in total. The topological polar surface area (TPSA) is 75.6 Å². The van der Waals surface area contributed by atoms with Gasteiger partial charge in [0.15, 0.2) is 0 Å². The number of fused-ring (bicyclic) bond motifs is 1. The number of thiophene rings is 1. The SMILES string of the molecule is COc1ccc2sc(C(=O)NC(C)(CC(=O)O)C(C)C)c(C)c2c1. The fourth-order valence-electron chi connectivity index (χ4n) is 2.57. The van der Waals surface area contributed by atoms with Crippen LogP contribution in [0.1, 0.15) is 42.4 Å². The van der Waals surface area contributed by atoms with E-state index in [9.17, 15) is 9.59 Å². The summed E-state index contributed by atoms with van der Waals surface area (Å²) in [6, 6.07) is 5.71. The van der Waals surface area contributed by atoms with Crippen molar-refractivity contribution in [3.63, 3.8) is 0 Å². The number of hydrogen-bond donors (Lipinski definition) is 2. The Morgan fingerprint density at radius 3 is 2.58 bits per heavy atom. The van der Waals surface area contributed by atoms with E-state index in [0.717, 1.165) is 21.4 Å². The molecule has 1 amide bonds. The molecule has 2 rings (SSSR count). The zero-order valence-corrected chi connectivity index (χ0v) is 15.4. The minimum atomic E-state index is -0.927. The molecule has 0 aliphatic carbocycles. The number of aryl methyl sites for hydroxylation is 1. The van der Waals surface area contributed by atoms with Crippen LogP contribution in [-0.2, 0) is 4.79 Å². The van der Waals surface area contributed by atoms with E-state index >= 15 is 0 Å². The number of nitrogens with one attached hydrogen (secondary N) is 1. The molecule has 2 N–H and O–H groups in total. The molecule has 2 aromatic rings. The summed E-state index contributed by atoms with van der Waals surface area (Å²) in [4.78, 5) is 24.5. The summed E-state index contributed by atoms with van der Waals surface area (Å²) in [5, 5.41) is 13.1. The Morgan fingerprint density at radius 2 is 2.04 bits per heavy atom. The van der Waals surface area contributed by atoms with E-state index < -0.39 is 11.5 Å². The molecular formula is C18H23NO4S. The summed E-state index contributed by atoms with van der Waals surface area (Å²) in [6.07, 6.45) is -0.117. The van der Waals surface area contributed by atoms with E-state index in [-0.39, 0.29) is 18.2 Å². The molecule has 0 bridgehead atoms. The van der Waals surface area contributed by atoms with Gasteiger partial charge >= 0.3 is 5.97 Å². The van der Waals surface area contributed by atoms with Crippen LogP contribution < -0.4 is 10.1 Å². The number of benzene rings is 1. The zero-order chi connectivity index (χ0) is 18.1. The van der Waals surface area contributed by atoms with Crippen molar-refractivity contribution in [3.8, 4) is 5.75 Å². The second-order valence-electron chi connectivity index (χ2n) is 6.52. The van der Waals surface area contributed by atoms with Gasteiger partial charge in [0.2, 0.25) is 0 Å². The number of carboxylic acid groups (broad SMARTS) is 1. The van der Waals surface area contributed by atoms with Crippen LogP contribution in [0.25, 0.3) is 10.1 Å². The number of rotatable bonds is 6. The van der Waals surface area contributed by atoms with Crippen LogP contribution in [0, 0.1) is 12.8 Å². The van der Waals surface area contributed by atoms with Gasteiger partial charge in [0.05, 0.1) is 23.9 Å². The Bertz CT molecular complexity index is 781. The lowest BCUT2D eigenvalue weighted by atomic mass is 9.85. The van der Waals surface area contributed by atoms with Gasteiger partial charge in [0.1, 0.15) is 5.75 Å². The van der Waals surface area contributed by atoms with Crippen LogP contribution in [-0.4, -0.2) is 29.6 Å². The molecule has 1 heterocycles. The van der Waals surface area contributed by atoms with E-state index in [2.05, 4.69) is 5.32 Å². The van der Waals surface area contributed by atoms with Crippen LogP contribution in [0.2, 0.25) is 0 Å². The van der Waals surface area contributed by atoms with Crippen LogP contribution >= 0.6 is 11.3 Å². The van der Waals surface area contributed by atoms with Gasteiger partial charge in [-0.1, -0.05) is 13.8 Å². The van der Waals surface area contributed by atoms with Crippen LogP contribution in [0.5, 0.6) is 5.75 Å². The van der Waals surface area contributed by atoms with E-state index in [4.69, 9.17) is 9.84 Å². The maximum atomic E-state index is 12.8. The number of carboxylic acids is 1. The van der Waals surface area contributed by atoms with Gasteiger partial charge < -0.3 is 15.2 Å². The molecular weight excluding hydrogens is 326 g/mol. The Kier molecular flexibility index (Phi) is 5.18. The monoisotopic (exact) mass is 349 g/mol. The number of carbonyl (C=O) groups excluding carboxylic acids is 1. The summed E-state index contributed by atoms with van der Waals surface area (Å²) >= 11 is 1.41. The van der Waals surface area contributed by atoms with Crippen molar-refractivity contribution in [2.75, 3.05) is 7.11 Å². The highest BCUT2D eigenvalue weighted by atomic mass is 32.1. The number of ether oxygens (including phenoxy) is 1. The lowest BCUT2D eigenvalue weighted by molar-refractivity contribution is -0.138. The molecule has 1 unspecified atom stereocenters. The summed E-state index contributed by atoms with van der Waals surface area (Å²) in [6.45, 7) is 7.49. The van der Waals surface area contributed by atoms with Crippen molar-refractivity contribution in [2.24, 2.45) is 5.92 Å². The lowest BCUT2D eigenvalue weighted by Gasteiger charge is -2.33. The molecule has 1 aromatic carbocycles. The van der Waals surface area contributed by atoms with E-state index in [1.165, 1.54) is 11.3 Å². The Hall–Kier alpha value is -2.08. The van der Waals surface area contributed by atoms with Gasteiger partial charge in [-0.05, 0) is 48.9 Å². The molecule has 0 saturated carbocycles. The first-order chi connectivity index (χ1) is 11.2. The van der Waals surface area contributed by atoms with Gasteiger partial charge in [-0.2, -0.15) is 0 Å². The van der Waals surface area contributed by atoms with Gasteiger partial charge in [0.25, 0.3) is 5.91 Å². The predicted octanol–water partition coefficient (Wildman–Crippen LogP) is 3.84. The highest BCUT2D eigenvalue weighted by molar-refractivity contribution is 7.21. The minimum absolute atomic E-state index is 0.00710. The van der Waals surface area contributed by atoms with Gasteiger partial charge in [-0.25, -0.2) is 0 Å². The summed E-state index contributed by atoms with van der Waals surface area (Å²) in [7, 11) is 1.61. The normalized spacial score (nSPS) is 13.8. The standard InChI is InChI=1S/C18H23NO4S/c1-10(2)18(4,9-15(20)21)19-17(22)16-11(3)13-8-12(23-5)6-7-14(13)24-16/h6-8,10H,9H2,1-5H3,(H,19,22)(H,20,21). The highest BCUT2D eigenvalue weighted by Gasteiger charge is 2.34. The van der Waals surface area contributed by atoms with E-state index in [1.807, 2.05) is 39.0 Å². The molecule has 0 radical (unpaired) electrons. The minimum Gasteiger partial charge on any atom is -0.497 e. The first-order valence-electron chi connectivity index (χ1n) is 7.79. The average Bonchev–Trinajstić information content (AvgIpc) is 2.83. The number of carbonyl (C=O) groups is 2. The third-order valence-electron chi connectivity index (χ3n) is 4.54. The Balaban J connectivity index is 2.37. The van der Waals surface area contributed by atoms with E-state index in [1.54, 1.807) is 14.0 Å². The average molecular weight is 349 g/mol. The third kappa shape index (κ3) is 3.53. The molecule has 1 atom stereocenters. The molecule has 0 spiro atoms. The molecule has 0 aliphatic rings. The first-order valence-corrected chi connectivity index (χ1v) is 8.61. The maximum absolute atomic E-state index is 12.8. The third-order valence-corrected chi connectivity index (χ3v) is 5.81. The molecule has 0 fully saturated rings. The predicted molar refractivity (Wildman–Crippen MR) is 96.1 cm³/mol. The quantitative estimate of drug-likeness (QED) is 0.831. The lowest BCUT2D eigenvalue weighted by Crippen LogP contribution is -2.51. The summed E-state index contributed by atoms with van der Waals surface area (Å²) in [5.74, 6) is -0.421. The van der Waals surface area contributed by atoms with Crippen LogP contribution in [0.15, 0.2) is 18.2 Å². The Labute approximate surface area is 145 Å². The van der Waals surface area contributed by atoms with E-state index in [0.29, 0.717) is 4.88 Å². The zero-order valence-electron chi connectivity index (χ0n) is 14.6. The Morgan fingerprint density at radius 1 is 1.38 bits per heavy atom. The molecule has 6 heteroatoms. The second kappa shape index (κ2) is 6.81. The highest BCUT2D eigenvalue weighted by Crippen LogP contribution is 2.34. The van der Waals surface area contributed by atoms with Crippen molar-refractivity contribution in [1.29, 1.82) is 0 Å². The van der Waals surface area contributed by atoms with Crippen LogP contribution in [0.4, 0.5) is 0 Å². The smallest absolute Gasteiger partial charge is 0.305 e. The maximum Gasteiger partial charge on any atom is 0.305 e. The number of amides is 1. The fraction of sp³-hybridized carbons (Fsp3) is 0.444. The van der Waals surface area contributed by atoms with Gasteiger partial charge in [-0.3, -0.25) is 9.59 Å². The van der Waals surface area contributed by atoms with Crippen molar-refractivity contribution >= 4 is 33.3 Å².